The smallest absolute Gasteiger partial charge is 0.279 e. The standard InChI is InChI=1S/C15H29N3O2S/c1-16-9-13-3-2-6-18(11-13)21(19,20)17-10-15-8-12-4-5-14(15)7-12/h12-17H,2-11H2,1H3. The highest BCUT2D eigenvalue weighted by Gasteiger charge is 2.40. The lowest BCUT2D eigenvalue weighted by atomic mass is 9.89. The molecule has 5 nitrogen and oxygen atoms in total. The van der Waals surface area contributed by atoms with Crippen LogP contribution in [0.2, 0.25) is 0 Å². The Labute approximate surface area is 129 Å². The number of piperidine rings is 1. The molecule has 122 valence electrons. The number of hydrogen-bond donors (Lipinski definition) is 2. The molecule has 2 aliphatic carbocycles. The summed E-state index contributed by atoms with van der Waals surface area (Å²) in [5, 5.41) is 3.16. The molecule has 0 amide bonds. The maximum Gasteiger partial charge on any atom is 0.279 e. The largest absolute Gasteiger partial charge is 0.319 e. The van der Waals surface area contributed by atoms with Crippen molar-refractivity contribution in [2.75, 3.05) is 33.2 Å². The van der Waals surface area contributed by atoms with Crippen molar-refractivity contribution in [3.63, 3.8) is 0 Å². The van der Waals surface area contributed by atoms with Crippen molar-refractivity contribution in [1.82, 2.24) is 14.3 Å². The molecule has 0 aromatic rings. The molecule has 1 aliphatic heterocycles. The molecule has 4 atom stereocenters. The van der Waals surface area contributed by atoms with Gasteiger partial charge in [-0.1, -0.05) is 6.42 Å². The lowest BCUT2D eigenvalue weighted by molar-refractivity contribution is 0.258. The minimum Gasteiger partial charge on any atom is -0.319 e. The van der Waals surface area contributed by atoms with Crippen LogP contribution in [0.5, 0.6) is 0 Å². The van der Waals surface area contributed by atoms with E-state index in [2.05, 4.69) is 10.0 Å². The van der Waals surface area contributed by atoms with Gasteiger partial charge in [-0.05, 0) is 69.4 Å². The molecule has 4 unspecified atom stereocenters. The second kappa shape index (κ2) is 6.52. The van der Waals surface area contributed by atoms with Crippen molar-refractivity contribution in [3.8, 4) is 0 Å². The minimum atomic E-state index is -3.28. The van der Waals surface area contributed by atoms with E-state index >= 15 is 0 Å². The first-order chi connectivity index (χ1) is 10.1. The van der Waals surface area contributed by atoms with Gasteiger partial charge in [0.15, 0.2) is 0 Å². The van der Waals surface area contributed by atoms with Crippen LogP contribution in [0.3, 0.4) is 0 Å². The second-order valence-electron chi connectivity index (χ2n) is 7.21. The van der Waals surface area contributed by atoms with E-state index in [4.69, 9.17) is 0 Å². The monoisotopic (exact) mass is 315 g/mol. The maximum absolute atomic E-state index is 12.5. The average Bonchev–Trinajstić information content (AvgIpc) is 3.08. The van der Waals surface area contributed by atoms with Gasteiger partial charge < -0.3 is 5.32 Å². The van der Waals surface area contributed by atoms with Crippen LogP contribution in [-0.4, -0.2) is 45.9 Å². The summed E-state index contributed by atoms with van der Waals surface area (Å²) in [5.74, 6) is 2.68. The summed E-state index contributed by atoms with van der Waals surface area (Å²) < 4.78 is 29.5. The van der Waals surface area contributed by atoms with E-state index in [1.54, 1.807) is 4.31 Å². The third-order valence-electron chi connectivity index (χ3n) is 5.73. The first-order valence-corrected chi connectivity index (χ1v) is 9.92. The molecule has 0 radical (unpaired) electrons. The quantitative estimate of drug-likeness (QED) is 0.774. The second-order valence-corrected chi connectivity index (χ2v) is 8.97. The van der Waals surface area contributed by atoms with Crippen molar-refractivity contribution in [3.05, 3.63) is 0 Å². The summed E-state index contributed by atoms with van der Waals surface area (Å²) in [7, 11) is -1.35. The van der Waals surface area contributed by atoms with Crippen LogP contribution in [0, 0.1) is 23.7 Å². The van der Waals surface area contributed by atoms with Gasteiger partial charge in [0.1, 0.15) is 0 Å². The van der Waals surface area contributed by atoms with Gasteiger partial charge in [-0.25, -0.2) is 4.72 Å². The van der Waals surface area contributed by atoms with Gasteiger partial charge in [-0.3, -0.25) is 0 Å². The van der Waals surface area contributed by atoms with Crippen LogP contribution < -0.4 is 10.0 Å². The number of nitrogens with one attached hydrogen (secondary N) is 2. The Hall–Kier alpha value is -0.170. The van der Waals surface area contributed by atoms with Gasteiger partial charge in [0.25, 0.3) is 10.2 Å². The van der Waals surface area contributed by atoms with Gasteiger partial charge in [-0.15, -0.1) is 0 Å². The molecule has 3 rings (SSSR count). The first-order valence-electron chi connectivity index (χ1n) is 8.48. The summed E-state index contributed by atoms with van der Waals surface area (Å²) in [6.45, 7) is 2.88. The molecule has 2 N–H and O–H groups in total. The number of fused-ring (bicyclic) bond motifs is 2. The van der Waals surface area contributed by atoms with Crippen LogP contribution >= 0.6 is 0 Å². The third-order valence-corrected chi connectivity index (χ3v) is 7.27. The predicted octanol–water partition coefficient (Wildman–Crippen LogP) is 1.19. The zero-order valence-electron chi connectivity index (χ0n) is 13.1. The fourth-order valence-corrected chi connectivity index (χ4v) is 6.01. The van der Waals surface area contributed by atoms with Gasteiger partial charge in [0.05, 0.1) is 0 Å². The van der Waals surface area contributed by atoms with Crippen molar-refractivity contribution in [1.29, 1.82) is 0 Å². The normalized spacial score (nSPS) is 37.2. The molecule has 0 aromatic heterocycles. The topological polar surface area (TPSA) is 61.4 Å². The third kappa shape index (κ3) is 3.60. The number of hydrogen-bond acceptors (Lipinski definition) is 3. The zero-order valence-corrected chi connectivity index (χ0v) is 13.9. The van der Waals surface area contributed by atoms with E-state index in [9.17, 15) is 8.42 Å². The molecule has 2 bridgehead atoms. The maximum atomic E-state index is 12.5. The SMILES string of the molecule is CNCC1CCCN(S(=O)(=O)NCC2CC3CCC2C3)C1. The fraction of sp³-hybridized carbons (Fsp3) is 1.00. The molecule has 0 aromatic carbocycles. The Morgan fingerprint density at radius 3 is 2.67 bits per heavy atom. The Bertz CT molecular complexity index is 452. The molecule has 0 spiro atoms. The highest BCUT2D eigenvalue weighted by Crippen LogP contribution is 2.48. The summed E-state index contributed by atoms with van der Waals surface area (Å²) in [6.07, 6.45) is 7.34. The minimum absolute atomic E-state index is 0.447. The molecule has 21 heavy (non-hydrogen) atoms. The Balaban J connectivity index is 1.51. The lowest BCUT2D eigenvalue weighted by Gasteiger charge is -2.32. The Kier molecular flexibility index (Phi) is 4.88. The molecule has 6 heteroatoms. The lowest BCUT2D eigenvalue weighted by Crippen LogP contribution is -2.48. The fourth-order valence-electron chi connectivity index (χ4n) is 4.63. The predicted molar refractivity (Wildman–Crippen MR) is 84.1 cm³/mol. The van der Waals surface area contributed by atoms with Crippen molar-refractivity contribution < 1.29 is 8.42 Å². The Morgan fingerprint density at radius 2 is 2.00 bits per heavy atom. The first kappa shape index (κ1) is 15.7. The van der Waals surface area contributed by atoms with Crippen molar-refractivity contribution >= 4 is 10.2 Å². The van der Waals surface area contributed by atoms with E-state index in [1.165, 1.54) is 25.7 Å². The highest BCUT2D eigenvalue weighted by molar-refractivity contribution is 7.87. The number of nitrogens with zero attached hydrogens (tertiary/aromatic N) is 1. The van der Waals surface area contributed by atoms with Crippen LogP contribution in [0.4, 0.5) is 0 Å². The van der Waals surface area contributed by atoms with Crippen molar-refractivity contribution in [2.45, 2.75) is 38.5 Å². The summed E-state index contributed by atoms with van der Waals surface area (Å²) in [5.41, 5.74) is 0. The van der Waals surface area contributed by atoms with Gasteiger partial charge in [0, 0.05) is 19.6 Å². The summed E-state index contributed by atoms with van der Waals surface area (Å²) in [4.78, 5) is 0. The van der Waals surface area contributed by atoms with Crippen LogP contribution in [-0.2, 0) is 10.2 Å². The molecular formula is C15H29N3O2S. The molecular weight excluding hydrogens is 286 g/mol. The molecule has 1 saturated heterocycles. The van der Waals surface area contributed by atoms with Crippen LogP contribution in [0.1, 0.15) is 38.5 Å². The molecule has 3 aliphatic rings. The zero-order chi connectivity index (χ0) is 14.9. The van der Waals surface area contributed by atoms with Crippen LogP contribution in [0.25, 0.3) is 0 Å². The van der Waals surface area contributed by atoms with E-state index in [0.717, 1.165) is 31.2 Å². The van der Waals surface area contributed by atoms with E-state index in [0.29, 0.717) is 31.5 Å². The van der Waals surface area contributed by atoms with E-state index in [-0.39, 0.29) is 0 Å². The van der Waals surface area contributed by atoms with Gasteiger partial charge in [-0.2, -0.15) is 12.7 Å². The summed E-state index contributed by atoms with van der Waals surface area (Å²) >= 11 is 0. The number of rotatable bonds is 6. The van der Waals surface area contributed by atoms with E-state index in [1.807, 2.05) is 7.05 Å². The van der Waals surface area contributed by atoms with Crippen LogP contribution in [0.15, 0.2) is 0 Å². The molecule has 2 saturated carbocycles. The molecule has 3 fully saturated rings. The van der Waals surface area contributed by atoms with Crippen molar-refractivity contribution in [2.24, 2.45) is 23.7 Å². The summed E-state index contributed by atoms with van der Waals surface area (Å²) in [6, 6.07) is 0. The van der Waals surface area contributed by atoms with Gasteiger partial charge in [0.2, 0.25) is 0 Å². The average molecular weight is 315 g/mol. The Morgan fingerprint density at radius 1 is 1.14 bits per heavy atom. The van der Waals surface area contributed by atoms with E-state index < -0.39 is 10.2 Å². The highest BCUT2D eigenvalue weighted by atomic mass is 32.2. The molecule has 1 heterocycles. The van der Waals surface area contributed by atoms with Gasteiger partial charge >= 0.3 is 0 Å².